The summed E-state index contributed by atoms with van der Waals surface area (Å²) in [6.07, 6.45) is 0. The van der Waals surface area contributed by atoms with Crippen molar-refractivity contribution in [2.75, 3.05) is 0 Å². The second-order valence-corrected chi connectivity index (χ2v) is 6.16. The van der Waals surface area contributed by atoms with Gasteiger partial charge in [-0.25, -0.2) is 0 Å². The van der Waals surface area contributed by atoms with Crippen LogP contribution >= 0.6 is 0 Å². The SMILES string of the molecule is O=S(=O)(O)c1[c]c2cc[c]c(S(=O)(=O)O)c2cc1. The molecule has 2 N–H and O–H groups in total. The third-order valence-electron chi connectivity index (χ3n) is 2.19. The van der Waals surface area contributed by atoms with E-state index in [1.807, 2.05) is 0 Å². The first-order valence-corrected chi connectivity index (χ1v) is 7.39. The molecule has 8 heteroatoms. The Hall–Kier alpha value is -1.48. The van der Waals surface area contributed by atoms with Crippen molar-refractivity contribution in [3.63, 3.8) is 0 Å². The summed E-state index contributed by atoms with van der Waals surface area (Å²) in [7, 11) is -8.89. The van der Waals surface area contributed by atoms with Gasteiger partial charge >= 0.3 is 0 Å². The predicted octanol–water partition coefficient (Wildman–Crippen LogP) is 0.934. The molecule has 0 fully saturated rings. The fourth-order valence-corrected chi connectivity index (χ4v) is 2.61. The van der Waals surface area contributed by atoms with Crippen molar-refractivity contribution in [2.24, 2.45) is 0 Å². The molecule has 2 radical (unpaired) electrons. The van der Waals surface area contributed by atoms with Gasteiger partial charge in [-0.05, 0) is 11.5 Å². The minimum Gasteiger partial charge on any atom is -0.282 e. The van der Waals surface area contributed by atoms with Gasteiger partial charge in [-0.2, -0.15) is 16.8 Å². The maximum absolute atomic E-state index is 11.1. The first kappa shape index (κ1) is 13.0. The molecule has 0 bridgehead atoms. The van der Waals surface area contributed by atoms with Gasteiger partial charge in [0.25, 0.3) is 20.2 Å². The molecule has 0 amide bonds. The van der Waals surface area contributed by atoms with Crippen LogP contribution in [0.3, 0.4) is 0 Å². The van der Waals surface area contributed by atoms with Gasteiger partial charge < -0.3 is 0 Å². The number of hydrogen-bond acceptors (Lipinski definition) is 4. The molecular formula is C10H6O6S2. The van der Waals surface area contributed by atoms with Crippen LogP contribution in [-0.2, 0) is 20.2 Å². The largest absolute Gasteiger partial charge is 0.295 e. The van der Waals surface area contributed by atoms with E-state index >= 15 is 0 Å². The standard InChI is InChI=1S/C10H6O6S2/c11-17(12,13)8-4-5-9-7(6-8)2-1-3-10(9)18(14,15)16/h1-2,4-5H,(H,11,12,13)(H,14,15,16). The average Bonchev–Trinajstić information content (AvgIpc) is 2.25. The van der Waals surface area contributed by atoms with Crippen molar-refractivity contribution in [2.45, 2.75) is 9.79 Å². The van der Waals surface area contributed by atoms with E-state index in [1.54, 1.807) is 0 Å². The highest BCUT2D eigenvalue weighted by Gasteiger charge is 2.16. The van der Waals surface area contributed by atoms with Gasteiger partial charge in [0.2, 0.25) is 0 Å². The highest BCUT2D eigenvalue weighted by atomic mass is 32.2. The van der Waals surface area contributed by atoms with E-state index in [4.69, 9.17) is 9.11 Å². The lowest BCUT2D eigenvalue weighted by atomic mass is 10.1. The highest BCUT2D eigenvalue weighted by molar-refractivity contribution is 7.86. The van der Waals surface area contributed by atoms with Gasteiger partial charge in [-0.15, -0.1) is 0 Å². The first-order valence-electron chi connectivity index (χ1n) is 4.51. The normalized spacial score (nSPS) is 12.8. The van der Waals surface area contributed by atoms with Crippen molar-refractivity contribution in [1.29, 1.82) is 0 Å². The van der Waals surface area contributed by atoms with Gasteiger partial charge in [-0.3, -0.25) is 9.11 Å². The third-order valence-corrected chi connectivity index (χ3v) is 3.84. The van der Waals surface area contributed by atoms with Crippen LogP contribution in [0.4, 0.5) is 0 Å². The summed E-state index contributed by atoms with van der Waals surface area (Å²) in [5, 5.41) is 0.184. The van der Waals surface area contributed by atoms with E-state index in [-0.39, 0.29) is 10.8 Å². The van der Waals surface area contributed by atoms with E-state index in [9.17, 15) is 16.8 Å². The molecule has 0 unspecified atom stereocenters. The fraction of sp³-hybridized carbons (Fsp3) is 0. The van der Waals surface area contributed by atoms with Crippen LogP contribution in [0.15, 0.2) is 34.1 Å². The van der Waals surface area contributed by atoms with E-state index in [0.717, 1.165) is 12.1 Å². The Kier molecular flexibility index (Phi) is 2.90. The monoisotopic (exact) mass is 286 g/mol. The van der Waals surface area contributed by atoms with E-state index in [1.165, 1.54) is 12.1 Å². The van der Waals surface area contributed by atoms with Crippen molar-refractivity contribution in [3.8, 4) is 0 Å². The summed E-state index contributed by atoms with van der Waals surface area (Å²) in [6.45, 7) is 0. The fourth-order valence-electron chi connectivity index (χ4n) is 1.46. The Labute approximate surface area is 103 Å². The van der Waals surface area contributed by atoms with Gasteiger partial charge in [0.05, 0.1) is 0 Å². The summed E-state index contributed by atoms with van der Waals surface area (Å²) in [5.74, 6) is 0. The molecule has 0 aromatic heterocycles. The van der Waals surface area contributed by atoms with E-state index in [2.05, 4.69) is 12.1 Å². The van der Waals surface area contributed by atoms with Crippen molar-refractivity contribution < 1.29 is 25.9 Å². The first-order chi connectivity index (χ1) is 8.19. The lowest BCUT2D eigenvalue weighted by Crippen LogP contribution is -2.01. The summed E-state index contributed by atoms with van der Waals surface area (Å²) >= 11 is 0. The zero-order valence-electron chi connectivity index (χ0n) is 8.65. The van der Waals surface area contributed by atoms with E-state index in [0.29, 0.717) is 0 Å². The van der Waals surface area contributed by atoms with Gasteiger partial charge in [0.15, 0.2) is 0 Å². The van der Waals surface area contributed by atoms with Gasteiger partial charge in [-0.1, -0.05) is 18.2 Å². The topological polar surface area (TPSA) is 109 Å². The zero-order chi connectivity index (χ0) is 13.6. The van der Waals surface area contributed by atoms with Crippen molar-refractivity contribution >= 4 is 31.0 Å². The molecular weight excluding hydrogens is 280 g/mol. The highest BCUT2D eigenvalue weighted by Crippen LogP contribution is 2.24. The van der Waals surface area contributed by atoms with Crippen LogP contribution in [0.25, 0.3) is 10.8 Å². The quantitative estimate of drug-likeness (QED) is 0.795. The van der Waals surface area contributed by atoms with Gasteiger partial charge in [0.1, 0.15) is 9.79 Å². The molecule has 0 aliphatic rings. The van der Waals surface area contributed by atoms with Crippen LogP contribution in [-0.4, -0.2) is 25.9 Å². The summed E-state index contributed by atoms with van der Waals surface area (Å²) in [4.78, 5) is -0.958. The number of hydrogen-bond donors (Lipinski definition) is 2. The van der Waals surface area contributed by atoms with Gasteiger partial charge in [0, 0.05) is 17.5 Å². The molecule has 2 rings (SSSR count). The molecule has 2 aromatic rings. The second-order valence-electron chi connectivity index (χ2n) is 3.41. The molecule has 18 heavy (non-hydrogen) atoms. The summed E-state index contributed by atoms with van der Waals surface area (Å²) in [6, 6.07) is 9.38. The molecule has 0 heterocycles. The Morgan fingerprint density at radius 3 is 2.17 bits per heavy atom. The lowest BCUT2D eigenvalue weighted by Gasteiger charge is -2.04. The van der Waals surface area contributed by atoms with Crippen LogP contribution in [0, 0.1) is 12.1 Å². The molecule has 0 aliphatic heterocycles. The molecule has 94 valence electrons. The summed E-state index contributed by atoms with van der Waals surface area (Å²) < 4.78 is 61.8. The molecule has 0 aliphatic carbocycles. The molecule has 0 atom stereocenters. The summed E-state index contributed by atoms with van der Waals surface area (Å²) in [5.41, 5.74) is 0. The van der Waals surface area contributed by atoms with Crippen LogP contribution in [0.1, 0.15) is 0 Å². The zero-order valence-corrected chi connectivity index (χ0v) is 10.3. The lowest BCUT2D eigenvalue weighted by molar-refractivity contribution is 0.482. The average molecular weight is 286 g/mol. The smallest absolute Gasteiger partial charge is 0.282 e. The minimum absolute atomic E-state index is 0.0624. The van der Waals surface area contributed by atoms with Crippen molar-refractivity contribution in [3.05, 3.63) is 36.4 Å². The predicted molar refractivity (Wildman–Crippen MR) is 61.2 cm³/mol. The van der Waals surface area contributed by atoms with Crippen molar-refractivity contribution in [1.82, 2.24) is 0 Å². The Bertz CT molecular complexity index is 821. The number of rotatable bonds is 2. The van der Waals surface area contributed by atoms with Crippen LogP contribution < -0.4 is 0 Å². The number of benzene rings is 2. The third kappa shape index (κ3) is 2.36. The Morgan fingerprint density at radius 2 is 1.61 bits per heavy atom. The van der Waals surface area contributed by atoms with Crippen LogP contribution in [0.5, 0.6) is 0 Å². The Morgan fingerprint density at radius 1 is 0.944 bits per heavy atom. The van der Waals surface area contributed by atoms with Crippen LogP contribution in [0.2, 0.25) is 0 Å². The molecule has 0 spiro atoms. The molecule has 6 nitrogen and oxygen atoms in total. The molecule has 0 saturated heterocycles. The Balaban J connectivity index is 2.85. The maximum Gasteiger partial charge on any atom is 0.295 e. The second kappa shape index (κ2) is 4.02. The minimum atomic E-state index is -4.47. The molecule has 2 aromatic carbocycles. The van der Waals surface area contributed by atoms with E-state index < -0.39 is 30.0 Å². The number of fused-ring (bicyclic) bond motifs is 1. The maximum atomic E-state index is 11.1. The molecule has 0 saturated carbocycles.